The summed E-state index contributed by atoms with van der Waals surface area (Å²) in [7, 11) is 0. The molecule has 3 rings (SSSR count). The van der Waals surface area contributed by atoms with Crippen LogP contribution in [0.25, 0.3) is 0 Å². The maximum atomic E-state index is 5.72. The summed E-state index contributed by atoms with van der Waals surface area (Å²) >= 11 is 0. The minimum Gasteiger partial charge on any atom is -0.318 e. The van der Waals surface area contributed by atoms with Crippen molar-refractivity contribution in [3.63, 3.8) is 0 Å². The summed E-state index contributed by atoms with van der Waals surface area (Å²) in [6, 6.07) is 0. The van der Waals surface area contributed by atoms with Crippen molar-refractivity contribution in [2.45, 2.75) is 76.5 Å². The number of hydrogen-bond donors (Lipinski definition) is 0. The minimum atomic E-state index is -0.402. The minimum absolute atomic E-state index is 0.402. The molecule has 3 saturated heterocycles. The van der Waals surface area contributed by atoms with E-state index in [4.69, 9.17) is 29.0 Å². The summed E-state index contributed by atoms with van der Waals surface area (Å²) in [5, 5.41) is 0. The van der Waals surface area contributed by atoms with Crippen LogP contribution in [0, 0.1) is 0 Å². The molecule has 6 nitrogen and oxygen atoms in total. The molecular weight excluding hydrogens is 240 g/mol. The Bertz CT molecular complexity index is 211. The van der Waals surface area contributed by atoms with E-state index in [1.807, 2.05) is 0 Å². The van der Waals surface area contributed by atoms with Crippen LogP contribution < -0.4 is 0 Å². The highest BCUT2D eigenvalue weighted by Gasteiger charge is 2.30. The highest BCUT2D eigenvalue weighted by molar-refractivity contribution is 4.59. The van der Waals surface area contributed by atoms with Crippen molar-refractivity contribution >= 4 is 0 Å². The quantitative estimate of drug-likeness (QED) is 0.623. The van der Waals surface area contributed by atoms with Crippen LogP contribution >= 0.6 is 0 Å². The van der Waals surface area contributed by atoms with Crippen LogP contribution in [0.4, 0.5) is 0 Å². The van der Waals surface area contributed by atoms with Crippen LogP contribution in [0.3, 0.4) is 0 Å². The highest BCUT2D eigenvalue weighted by atomic mass is 17.3. The molecule has 6 heteroatoms. The second kappa shape index (κ2) is 6.27. The third kappa shape index (κ3) is 3.40. The molecule has 3 fully saturated rings. The Morgan fingerprint density at radius 1 is 0.444 bits per heavy atom. The summed E-state index contributed by atoms with van der Waals surface area (Å²) in [5.74, 6) is 0. The van der Waals surface area contributed by atoms with Crippen molar-refractivity contribution in [3.8, 4) is 0 Å². The predicted molar refractivity (Wildman–Crippen MR) is 58.6 cm³/mol. The third-order valence-corrected chi connectivity index (χ3v) is 3.41. The van der Waals surface area contributed by atoms with E-state index in [2.05, 4.69) is 0 Å². The average molecular weight is 260 g/mol. The number of hydrogen-bond acceptors (Lipinski definition) is 6. The first-order chi connectivity index (χ1) is 8.90. The molecule has 0 amide bonds. The molecule has 0 saturated carbocycles. The Morgan fingerprint density at radius 3 is 1.00 bits per heavy atom. The standard InChI is InChI=1S/C12H20O6/c1-2-6-10-14-12-8-4-3-7-11(17-18-12)13-9(5-1)15-16-10/h9-12H,1-8H2. The van der Waals surface area contributed by atoms with Crippen molar-refractivity contribution in [2.24, 2.45) is 0 Å². The molecule has 0 N–H and O–H groups in total. The van der Waals surface area contributed by atoms with Gasteiger partial charge >= 0.3 is 0 Å². The number of ether oxygens (including phenoxy) is 2. The van der Waals surface area contributed by atoms with Gasteiger partial charge in [0.05, 0.1) is 0 Å². The first-order valence-electron chi connectivity index (χ1n) is 6.85. The topological polar surface area (TPSA) is 55.4 Å². The van der Waals surface area contributed by atoms with Gasteiger partial charge in [-0.1, -0.05) is 0 Å². The van der Waals surface area contributed by atoms with Crippen molar-refractivity contribution in [1.82, 2.24) is 0 Å². The Labute approximate surface area is 106 Å². The molecule has 4 bridgehead atoms. The van der Waals surface area contributed by atoms with Crippen LogP contribution in [-0.2, 0) is 29.0 Å². The van der Waals surface area contributed by atoms with Gasteiger partial charge in [0.2, 0.25) is 0 Å². The van der Waals surface area contributed by atoms with Gasteiger partial charge in [0.15, 0.2) is 25.2 Å². The maximum Gasteiger partial charge on any atom is 0.194 e. The zero-order chi connectivity index (χ0) is 12.2. The Balaban J connectivity index is 1.72. The van der Waals surface area contributed by atoms with E-state index in [9.17, 15) is 0 Å². The lowest BCUT2D eigenvalue weighted by Crippen LogP contribution is -2.37. The van der Waals surface area contributed by atoms with Gasteiger partial charge in [0.25, 0.3) is 0 Å². The number of fused-ring (bicyclic) bond motifs is 6. The van der Waals surface area contributed by atoms with Crippen molar-refractivity contribution in [2.75, 3.05) is 0 Å². The van der Waals surface area contributed by atoms with E-state index in [0.717, 1.165) is 51.4 Å². The largest absolute Gasteiger partial charge is 0.318 e. The highest BCUT2D eigenvalue weighted by Crippen LogP contribution is 2.26. The summed E-state index contributed by atoms with van der Waals surface area (Å²) in [4.78, 5) is 21.2. The molecule has 3 aliphatic heterocycles. The molecule has 4 atom stereocenters. The fourth-order valence-electron chi connectivity index (χ4n) is 2.39. The van der Waals surface area contributed by atoms with E-state index in [1.54, 1.807) is 0 Å². The smallest absolute Gasteiger partial charge is 0.194 e. The van der Waals surface area contributed by atoms with Crippen molar-refractivity contribution in [1.29, 1.82) is 0 Å². The molecule has 0 aromatic heterocycles. The second-order valence-corrected chi connectivity index (χ2v) is 4.94. The maximum absolute atomic E-state index is 5.72. The predicted octanol–water partition coefficient (Wildman–Crippen LogP) is 2.38. The lowest BCUT2D eigenvalue weighted by Gasteiger charge is -2.33. The van der Waals surface area contributed by atoms with Crippen LogP contribution in [0.2, 0.25) is 0 Å². The van der Waals surface area contributed by atoms with Crippen molar-refractivity contribution in [3.05, 3.63) is 0 Å². The van der Waals surface area contributed by atoms with E-state index in [-0.39, 0.29) is 0 Å². The first kappa shape index (κ1) is 12.8. The fraction of sp³-hybridized carbons (Fsp3) is 1.00. The van der Waals surface area contributed by atoms with Crippen molar-refractivity contribution < 1.29 is 29.0 Å². The number of rotatable bonds is 0. The zero-order valence-electron chi connectivity index (χ0n) is 10.4. The van der Waals surface area contributed by atoms with E-state index < -0.39 is 25.2 Å². The monoisotopic (exact) mass is 260 g/mol. The van der Waals surface area contributed by atoms with Gasteiger partial charge < -0.3 is 9.47 Å². The SMILES string of the molecule is C1CCC2OOC(C1)OC1CCCCC(OO1)O2. The van der Waals surface area contributed by atoms with Crippen LogP contribution in [0.15, 0.2) is 0 Å². The van der Waals surface area contributed by atoms with Crippen LogP contribution in [-0.4, -0.2) is 25.2 Å². The Kier molecular flexibility index (Phi) is 4.45. The van der Waals surface area contributed by atoms with Gasteiger partial charge in [0, 0.05) is 25.7 Å². The third-order valence-electron chi connectivity index (χ3n) is 3.41. The van der Waals surface area contributed by atoms with E-state index >= 15 is 0 Å². The summed E-state index contributed by atoms with van der Waals surface area (Å²) in [5.41, 5.74) is 0. The summed E-state index contributed by atoms with van der Waals surface area (Å²) < 4.78 is 11.4. The molecular formula is C12H20O6. The Hall–Kier alpha value is -0.240. The molecule has 104 valence electrons. The lowest BCUT2D eigenvalue weighted by atomic mass is 10.1. The van der Waals surface area contributed by atoms with Gasteiger partial charge in [-0.05, 0) is 25.7 Å². The molecule has 3 heterocycles. The van der Waals surface area contributed by atoms with Crippen LogP contribution in [0.5, 0.6) is 0 Å². The molecule has 0 aromatic carbocycles. The van der Waals surface area contributed by atoms with Crippen LogP contribution in [0.1, 0.15) is 51.4 Å². The summed E-state index contributed by atoms with van der Waals surface area (Å²) in [6.45, 7) is 0. The van der Waals surface area contributed by atoms with E-state index in [0.29, 0.717) is 0 Å². The van der Waals surface area contributed by atoms with Gasteiger partial charge in [-0.25, -0.2) is 19.6 Å². The van der Waals surface area contributed by atoms with Gasteiger partial charge in [-0.3, -0.25) is 0 Å². The Morgan fingerprint density at radius 2 is 0.722 bits per heavy atom. The van der Waals surface area contributed by atoms with Gasteiger partial charge in [-0.2, -0.15) is 0 Å². The molecule has 18 heavy (non-hydrogen) atoms. The molecule has 3 aliphatic rings. The normalized spacial score (nSPS) is 42.7. The molecule has 4 unspecified atom stereocenters. The second-order valence-electron chi connectivity index (χ2n) is 4.94. The molecule has 0 aromatic rings. The average Bonchev–Trinajstić information content (AvgIpc) is 2.32. The lowest BCUT2D eigenvalue weighted by molar-refractivity contribution is -0.528. The first-order valence-corrected chi connectivity index (χ1v) is 6.85. The van der Waals surface area contributed by atoms with Gasteiger partial charge in [-0.15, -0.1) is 0 Å². The molecule has 0 spiro atoms. The summed E-state index contributed by atoms with van der Waals surface area (Å²) in [6.07, 6.45) is 5.73. The van der Waals surface area contributed by atoms with E-state index in [1.165, 1.54) is 0 Å². The molecule has 0 aliphatic carbocycles. The zero-order valence-corrected chi connectivity index (χ0v) is 10.4. The fourth-order valence-corrected chi connectivity index (χ4v) is 2.39. The van der Waals surface area contributed by atoms with Gasteiger partial charge in [0.1, 0.15) is 0 Å². The molecule has 0 radical (unpaired) electrons.